The van der Waals surface area contributed by atoms with Crippen molar-refractivity contribution in [1.29, 1.82) is 0 Å². The van der Waals surface area contributed by atoms with Crippen molar-refractivity contribution in [3.05, 3.63) is 68.0 Å². The van der Waals surface area contributed by atoms with Crippen LogP contribution in [0, 0.1) is 18.6 Å². The third-order valence-electron chi connectivity index (χ3n) is 4.34. The molecule has 0 radical (unpaired) electrons. The highest BCUT2D eigenvalue weighted by atomic mass is 79.9. The summed E-state index contributed by atoms with van der Waals surface area (Å²) < 4.78 is 30.0. The van der Waals surface area contributed by atoms with Crippen LogP contribution in [0.3, 0.4) is 0 Å². The third-order valence-corrected chi connectivity index (χ3v) is 6.75. The summed E-state index contributed by atoms with van der Waals surface area (Å²) in [5, 5.41) is 13.7. The van der Waals surface area contributed by atoms with Gasteiger partial charge in [0.05, 0.1) is 10.2 Å². The predicted octanol–water partition coefficient (Wildman–Crippen LogP) is 6.32. The first kappa shape index (κ1) is 20.6. The van der Waals surface area contributed by atoms with E-state index in [4.69, 9.17) is 0 Å². The normalized spacial score (nSPS) is 11.1. The van der Waals surface area contributed by atoms with E-state index in [1.54, 1.807) is 12.1 Å². The van der Waals surface area contributed by atoms with Gasteiger partial charge in [-0.15, -0.1) is 22.7 Å². The van der Waals surface area contributed by atoms with Gasteiger partial charge < -0.3 is 10.4 Å². The van der Waals surface area contributed by atoms with E-state index in [1.807, 2.05) is 6.07 Å². The lowest BCUT2D eigenvalue weighted by Gasteiger charge is -2.07. The van der Waals surface area contributed by atoms with Crippen LogP contribution in [0.15, 0.2) is 40.2 Å². The zero-order valence-electron chi connectivity index (χ0n) is 15.1. The average molecular weight is 509 g/mol. The third kappa shape index (κ3) is 3.62. The number of thiazole rings is 1. The number of anilines is 1. The number of hydrogen-bond acceptors (Lipinski definition) is 5. The fraction of sp³-hybridized carbons (Fsp3) is 0.0500. The number of thiophene rings is 1. The molecule has 5 nitrogen and oxygen atoms in total. The topological polar surface area (TPSA) is 79.3 Å². The van der Waals surface area contributed by atoms with Crippen molar-refractivity contribution in [2.75, 3.05) is 5.32 Å². The molecule has 0 aliphatic heterocycles. The molecule has 2 N–H and O–H groups in total. The summed E-state index contributed by atoms with van der Waals surface area (Å²) in [6.45, 7) is 1.41. The number of carbonyl (C=O) groups excluding carboxylic acids is 1. The number of aromatic nitrogens is 1. The Morgan fingerprint density at radius 2 is 1.90 bits per heavy atom. The highest BCUT2D eigenvalue weighted by Crippen LogP contribution is 2.38. The number of nitrogens with zero attached hydrogens (tertiary/aromatic N) is 1. The molecule has 4 rings (SSSR count). The molecule has 0 unspecified atom stereocenters. The van der Waals surface area contributed by atoms with Gasteiger partial charge >= 0.3 is 5.97 Å². The van der Waals surface area contributed by atoms with Gasteiger partial charge in [0, 0.05) is 21.0 Å². The van der Waals surface area contributed by atoms with Crippen molar-refractivity contribution in [3.8, 4) is 11.1 Å². The Balaban J connectivity index is 1.72. The Labute approximate surface area is 185 Å². The molecule has 0 saturated carbocycles. The van der Waals surface area contributed by atoms with Gasteiger partial charge in [0.1, 0.15) is 10.6 Å². The van der Waals surface area contributed by atoms with E-state index >= 15 is 0 Å². The molecule has 152 valence electrons. The Kier molecular flexibility index (Phi) is 5.39. The van der Waals surface area contributed by atoms with Crippen LogP contribution >= 0.6 is 38.6 Å². The summed E-state index contributed by atoms with van der Waals surface area (Å²) in [7, 11) is 0. The van der Waals surface area contributed by atoms with Gasteiger partial charge in [-0.2, -0.15) is 0 Å². The molecule has 0 saturated heterocycles. The number of hydrogen-bond donors (Lipinski definition) is 2. The first-order valence-electron chi connectivity index (χ1n) is 8.43. The number of aromatic carboxylic acids is 1. The molecule has 0 spiro atoms. The number of fused-ring (bicyclic) bond motifs is 1. The van der Waals surface area contributed by atoms with E-state index < -0.39 is 23.5 Å². The Hall–Kier alpha value is -2.69. The van der Waals surface area contributed by atoms with Crippen molar-refractivity contribution in [3.63, 3.8) is 0 Å². The first-order chi connectivity index (χ1) is 14.3. The number of carbonyl (C=O) groups is 2. The van der Waals surface area contributed by atoms with E-state index in [0.717, 1.165) is 31.8 Å². The molecular weight excluding hydrogens is 498 g/mol. The monoisotopic (exact) mass is 508 g/mol. The summed E-state index contributed by atoms with van der Waals surface area (Å²) in [4.78, 5) is 28.8. The van der Waals surface area contributed by atoms with Crippen LogP contribution < -0.4 is 5.32 Å². The van der Waals surface area contributed by atoms with Crippen LogP contribution in [0.1, 0.15) is 25.7 Å². The van der Waals surface area contributed by atoms with Gasteiger partial charge in [0.2, 0.25) is 0 Å². The predicted molar refractivity (Wildman–Crippen MR) is 117 cm³/mol. The van der Waals surface area contributed by atoms with E-state index in [2.05, 4.69) is 26.2 Å². The number of amides is 1. The maximum atomic E-state index is 14.4. The Morgan fingerprint density at radius 1 is 1.13 bits per heavy atom. The average Bonchev–Trinajstić information content (AvgIpc) is 3.30. The number of benzene rings is 2. The second-order valence-corrected chi connectivity index (χ2v) is 9.13. The molecule has 0 atom stereocenters. The number of nitrogens with one attached hydrogen (secondary N) is 1. The van der Waals surface area contributed by atoms with Crippen LogP contribution in [0.2, 0.25) is 0 Å². The number of carboxylic acids is 1. The Bertz CT molecular complexity index is 1330. The fourth-order valence-corrected chi connectivity index (χ4v) is 5.23. The van der Waals surface area contributed by atoms with Crippen molar-refractivity contribution in [1.82, 2.24) is 4.98 Å². The number of halogens is 3. The minimum absolute atomic E-state index is 0.00701. The molecule has 0 bridgehead atoms. The van der Waals surface area contributed by atoms with Crippen LogP contribution in [0.4, 0.5) is 13.8 Å². The highest BCUT2D eigenvalue weighted by Gasteiger charge is 2.25. The lowest BCUT2D eigenvalue weighted by molar-refractivity contribution is 0.0699. The largest absolute Gasteiger partial charge is 0.478 e. The number of aryl methyl sites for hydroxylation is 1. The smallest absolute Gasteiger partial charge is 0.339 e. The van der Waals surface area contributed by atoms with Gasteiger partial charge in [-0.1, -0.05) is 28.1 Å². The van der Waals surface area contributed by atoms with Gasteiger partial charge in [0.15, 0.2) is 16.6 Å². The maximum Gasteiger partial charge on any atom is 0.339 e. The Morgan fingerprint density at radius 3 is 2.63 bits per heavy atom. The minimum Gasteiger partial charge on any atom is -0.478 e. The van der Waals surface area contributed by atoms with Crippen molar-refractivity contribution >= 4 is 65.7 Å². The summed E-state index contributed by atoms with van der Waals surface area (Å²) in [6, 6.07) is 8.07. The summed E-state index contributed by atoms with van der Waals surface area (Å²) >= 11 is 5.43. The number of rotatable bonds is 4. The quantitative estimate of drug-likeness (QED) is 0.337. The van der Waals surface area contributed by atoms with Crippen LogP contribution in [0.25, 0.3) is 21.3 Å². The molecule has 30 heavy (non-hydrogen) atoms. The molecule has 2 aromatic heterocycles. The molecule has 2 heterocycles. The van der Waals surface area contributed by atoms with Gasteiger partial charge in [0.25, 0.3) is 5.91 Å². The lowest BCUT2D eigenvalue weighted by Crippen LogP contribution is -2.13. The SMILES string of the molecule is Cc1ccc(-c2csc(NC(=O)c3nc4ccc(Br)cc4s3)c2C(=O)O)c(F)c1F. The fourth-order valence-electron chi connectivity index (χ4n) is 2.87. The maximum absolute atomic E-state index is 14.4. The molecular formula is C20H11BrF2N2O3S2. The van der Waals surface area contributed by atoms with Crippen LogP contribution in [-0.2, 0) is 0 Å². The molecule has 4 aromatic rings. The van der Waals surface area contributed by atoms with Gasteiger partial charge in [-0.05, 0) is 30.7 Å². The van der Waals surface area contributed by atoms with E-state index in [9.17, 15) is 23.5 Å². The molecule has 0 aliphatic carbocycles. The second-order valence-electron chi connectivity index (χ2n) is 6.30. The zero-order valence-corrected chi connectivity index (χ0v) is 18.3. The first-order valence-corrected chi connectivity index (χ1v) is 10.9. The minimum atomic E-state index is -1.37. The molecule has 0 fully saturated rings. The standard InChI is InChI=1S/C20H11BrF2N2O3S2/c1-8-2-4-10(16(23)15(8)22)11-7-29-18(14(11)20(27)28)25-17(26)19-24-12-5-3-9(21)6-13(12)30-19/h2-7H,1H3,(H,25,26)(H,27,28). The summed E-state index contributed by atoms with van der Waals surface area (Å²) in [5.41, 5.74) is 0.249. The van der Waals surface area contributed by atoms with E-state index in [1.165, 1.54) is 24.4 Å². The van der Waals surface area contributed by atoms with Crippen LogP contribution in [0.5, 0.6) is 0 Å². The second kappa shape index (κ2) is 7.86. The van der Waals surface area contributed by atoms with Crippen molar-refractivity contribution < 1.29 is 23.5 Å². The summed E-state index contributed by atoms with van der Waals surface area (Å²) in [5.74, 6) is -4.12. The molecule has 2 aromatic carbocycles. The summed E-state index contributed by atoms with van der Waals surface area (Å²) in [6.07, 6.45) is 0. The zero-order chi connectivity index (χ0) is 21.6. The highest BCUT2D eigenvalue weighted by molar-refractivity contribution is 9.10. The van der Waals surface area contributed by atoms with E-state index in [-0.39, 0.29) is 32.3 Å². The van der Waals surface area contributed by atoms with Crippen LogP contribution in [-0.4, -0.2) is 22.0 Å². The van der Waals surface area contributed by atoms with E-state index in [0.29, 0.717) is 5.52 Å². The van der Waals surface area contributed by atoms with Gasteiger partial charge in [-0.25, -0.2) is 18.6 Å². The molecule has 0 aliphatic rings. The number of carboxylic acid groups (broad SMARTS) is 1. The van der Waals surface area contributed by atoms with Gasteiger partial charge in [-0.3, -0.25) is 4.79 Å². The molecule has 10 heteroatoms. The van der Waals surface area contributed by atoms with Crippen molar-refractivity contribution in [2.24, 2.45) is 0 Å². The lowest BCUT2D eigenvalue weighted by atomic mass is 10.0. The molecule has 1 amide bonds. The van der Waals surface area contributed by atoms with Crippen molar-refractivity contribution in [2.45, 2.75) is 6.92 Å².